The van der Waals surface area contributed by atoms with Gasteiger partial charge in [-0.05, 0) is 150 Å². The van der Waals surface area contributed by atoms with Crippen LogP contribution >= 0.6 is 0 Å². The lowest BCUT2D eigenvalue weighted by molar-refractivity contribution is 0.672. The molecular weight excluding hydrogens is 821 g/mol. The number of benzene rings is 13. The summed E-state index contributed by atoms with van der Waals surface area (Å²) in [6, 6.07) is 86.5. The van der Waals surface area contributed by atoms with Gasteiger partial charge in [0.2, 0.25) is 0 Å². The smallest absolute Gasteiger partial charge is 0.143 e. The van der Waals surface area contributed by atoms with Gasteiger partial charge in [0.05, 0.1) is 5.41 Å². The Morgan fingerprint density at radius 3 is 1.40 bits per heavy atom. The van der Waals surface area contributed by atoms with Crippen molar-refractivity contribution < 1.29 is 4.42 Å². The van der Waals surface area contributed by atoms with Crippen molar-refractivity contribution in [3.63, 3.8) is 0 Å². The Kier molecular flexibility index (Phi) is 7.07. The molecule has 0 amide bonds. The molecule has 2 aliphatic rings. The summed E-state index contributed by atoms with van der Waals surface area (Å²) in [5.41, 5.74) is 17.0. The molecule has 16 rings (SSSR count). The molecule has 14 aromatic rings. The highest BCUT2D eigenvalue weighted by Crippen LogP contribution is 2.67. The third kappa shape index (κ3) is 4.47. The summed E-state index contributed by atoms with van der Waals surface area (Å²) in [6.07, 6.45) is 0. The van der Waals surface area contributed by atoms with Crippen LogP contribution in [0, 0.1) is 0 Å². The van der Waals surface area contributed by atoms with Crippen LogP contribution in [-0.2, 0) is 5.41 Å². The fourth-order valence-electron chi connectivity index (χ4n) is 13.3. The molecule has 13 aromatic carbocycles. The van der Waals surface area contributed by atoms with Gasteiger partial charge in [-0.3, -0.25) is 0 Å². The molecule has 2 aliphatic carbocycles. The Labute approximate surface area is 391 Å². The Hall–Kier alpha value is -8.78. The first-order valence-corrected chi connectivity index (χ1v) is 23.8. The molecular formula is C67H38O. The van der Waals surface area contributed by atoms with Gasteiger partial charge in [0, 0.05) is 16.2 Å². The van der Waals surface area contributed by atoms with Crippen LogP contribution in [0.25, 0.3) is 131 Å². The molecule has 0 saturated heterocycles. The van der Waals surface area contributed by atoms with E-state index in [0.717, 1.165) is 27.3 Å². The minimum atomic E-state index is -0.546. The first-order chi connectivity index (χ1) is 33.8. The maximum absolute atomic E-state index is 6.63. The molecule has 1 heteroatoms. The molecule has 1 nitrogen and oxygen atoms in total. The van der Waals surface area contributed by atoms with Gasteiger partial charge in [0.15, 0.2) is 0 Å². The van der Waals surface area contributed by atoms with Crippen LogP contribution in [0.3, 0.4) is 0 Å². The molecule has 0 unspecified atom stereocenters. The number of hydrogen-bond donors (Lipinski definition) is 0. The maximum atomic E-state index is 6.63. The number of hydrogen-bond acceptors (Lipinski definition) is 1. The molecule has 0 fully saturated rings. The normalized spacial score (nSPS) is 13.4. The summed E-state index contributed by atoms with van der Waals surface area (Å²) < 4.78 is 6.63. The molecule has 312 valence electrons. The van der Waals surface area contributed by atoms with E-state index < -0.39 is 5.41 Å². The lowest BCUT2D eigenvalue weighted by atomic mass is 9.68. The van der Waals surface area contributed by atoms with Crippen molar-refractivity contribution in [2.75, 3.05) is 0 Å². The molecule has 0 N–H and O–H groups in total. The van der Waals surface area contributed by atoms with Gasteiger partial charge in [0.1, 0.15) is 11.2 Å². The Balaban J connectivity index is 1.05. The first-order valence-electron chi connectivity index (χ1n) is 23.8. The quantitative estimate of drug-likeness (QED) is 0.125. The van der Waals surface area contributed by atoms with Crippen molar-refractivity contribution in [1.29, 1.82) is 0 Å². The van der Waals surface area contributed by atoms with E-state index >= 15 is 0 Å². The van der Waals surface area contributed by atoms with Crippen LogP contribution in [0.5, 0.6) is 0 Å². The van der Waals surface area contributed by atoms with E-state index in [1.807, 2.05) is 0 Å². The summed E-state index contributed by atoms with van der Waals surface area (Å²) in [7, 11) is 0. The Morgan fingerprint density at radius 2 is 0.750 bits per heavy atom. The van der Waals surface area contributed by atoms with Gasteiger partial charge in [0.25, 0.3) is 0 Å². The van der Waals surface area contributed by atoms with Gasteiger partial charge in [-0.25, -0.2) is 0 Å². The molecule has 1 heterocycles. The van der Waals surface area contributed by atoms with Crippen LogP contribution in [0.4, 0.5) is 0 Å². The predicted octanol–water partition coefficient (Wildman–Crippen LogP) is 18.2. The maximum Gasteiger partial charge on any atom is 0.143 e. The van der Waals surface area contributed by atoms with Gasteiger partial charge in [-0.15, -0.1) is 0 Å². The molecule has 1 aromatic heterocycles. The van der Waals surface area contributed by atoms with E-state index in [0.29, 0.717) is 0 Å². The molecule has 0 bridgehead atoms. The minimum absolute atomic E-state index is 0.546. The zero-order chi connectivity index (χ0) is 44.2. The predicted molar refractivity (Wildman–Crippen MR) is 286 cm³/mol. The highest BCUT2D eigenvalue weighted by molar-refractivity contribution is 6.27. The van der Waals surface area contributed by atoms with Gasteiger partial charge >= 0.3 is 0 Å². The molecule has 0 radical (unpaired) electrons. The third-order valence-electron chi connectivity index (χ3n) is 15.8. The zero-order valence-electron chi connectivity index (χ0n) is 36.8. The largest absolute Gasteiger partial charge is 0.455 e. The zero-order valence-corrected chi connectivity index (χ0v) is 36.8. The van der Waals surface area contributed by atoms with Crippen LogP contribution in [0.2, 0.25) is 0 Å². The third-order valence-corrected chi connectivity index (χ3v) is 15.8. The van der Waals surface area contributed by atoms with E-state index in [2.05, 4.69) is 231 Å². The highest BCUT2D eigenvalue weighted by atomic mass is 16.3. The van der Waals surface area contributed by atoms with Gasteiger partial charge in [-0.1, -0.05) is 206 Å². The average molecular weight is 859 g/mol. The molecule has 0 saturated carbocycles. The standard InChI is InChI=1S/C67H38O/c1-2-18-41-39(17-1)33-35-54-55-37-40(34-36-60(55)68-66(41)54)61-48-25-7-9-27-50(48)62(51-28-10-8-26-49(51)61)56-38-57-63-47-24-6-3-19-42(47)43-20-4-12-30-53(43)65(63)67(64(57)52-29-11-5-21-44(52)56)58-31-15-13-22-45(58)46-23-14-16-32-59(46)67/h1-38H. The van der Waals surface area contributed by atoms with E-state index in [1.54, 1.807) is 0 Å². The Bertz CT molecular complexity index is 4460. The van der Waals surface area contributed by atoms with E-state index in [-0.39, 0.29) is 0 Å². The van der Waals surface area contributed by atoms with Gasteiger partial charge in [-0.2, -0.15) is 0 Å². The second-order valence-electron chi connectivity index (χ2n) is 18.9. The summed E-state index contributed by atoms with van der Waals surface area (Å²) in [5.74, 6) is 0. The molecule has 0 aliphatic heterocycles. The van der Waals surface area contributed by atoms with Crippen molar-refractivity contribution in [2.24, 2.45) is 0 Å². The monoisotopic (exact) mass is 858 g/mol. The average Bonchev–Trinajstić information content (AvgIpc) is 4.04. The second-order valence-corrected chi connectivity index (χ2v) is 18.9. The molecule has 68 heavy (non-hydrogen) atoms. The van der Waals surface area contributed by atoms with E-state index in [9.17, 15) is 0 Å². The molecule has 1 spiro atoms. The highest BCUT2D eigenvalue weighted by Gasteiger charge is 2.54. The van der Waals surface area contributed by atoms with Crippen molar-refractivity contribution in [1.82, 2.24) is 0 Å². The fraction of sp³-hybridized carbons (Fsp3) is 0.0149. The minimum Gasteiger partial charge on any atom is -0.455 e. The Morgan fingerprint density at radius 1 is 0.265 bits per heavy atom. The van der Waals surface area contributed by atoms with Crippen LogP contribution < -0.4 is 0 Å². The van der Waals surface area contributed by atoms with Crippen molar-refractivity contribution >= 4 is 86.6 Å². The SMILES string of the molecule is c1ccc2c(c1)-c1ccccc1C21c2c(cc(-c3c4ccccc4c(-c4ccc5oc6c7ccccc7ccc6c5c4)c4ccccc34)c3ccccc23)-c2c1c1ccccc1c1ccccc21. The lowest BCUT2D eigenvalue weighted by Gasteiger charge is -2.33. The fourth-order valence-corrected chi connectivity index (χ4v) is 13.3. The number of furan rings is 1. The summed E-state index contributed by atoms with van der Waals surface area (Å²) in [6.45, 7) is 0. The summed E-state index contributed by atoms with van der Waals surface area (Å²) in [4.78, 5) is 0. The summed E-state index contributed by atoms with van der Waals surface area (Å²) in [5, 5.41) is 17.3. The van der Waals surface area contributed by atoms with Crippen LogP contribution in [0.1, 0.15) is 22.3 Å². The summed E-state index contributed by atoms with van der Waals surface area (Å²) >= 11 is 0. The number of rotatable bonds is 2. The van der Waals surface area contributed by atoms with Gasteiger partial charge < -0.3 is 4.42 Å². The van der Waals surface area contributed by atoms with Crippen LogP contribution in [-0.4, -0.2) is 0 Å². The van der Waals surface area contributed by atoms with E-state index in [4.69, 9.17) is 4.42 Å². The van der Waals surface area contributed by atoms with Crippen molar-refractivity contribution in [3.8, 4) is 44.5 Å². The number of fused-ring (bicyclic) bond motifs is 24. The lowest BCUT2D eigenvalue weighted by Crippen LogP contribution is -2.26. The van der Waals surface area contributed by atoms with E-state index in [1.165, 1.54) is 126 Å². The topological polar surface area (TPSA) is 13.1 Å². The first kappa shape index (κ1) is 36.4. The van der Waals surface area contributed by atoms with Crippen molar-refractivity contribution in [3.05, 3.63) is 253 Å². The second kappa shape index (κ2) is 13.2. The van der Waals surface area contributed by atoms with Crippen LogP contribution in [0.15, 0.2) is 235 Å². The van der Waals surface area contributed by atoms with Crippen molar-refractivity contribution in [2.45, 2.75) is 5.41 Å². The molecule has 0 atom stereocenters.